The predicted octanol–water partition coefficient (Wildman–Crippen LogP) is 5.01. The fourth-order valence-corrected chi connectivity index (χ4v) is 6.62. The lowest BCUT2D eigenvalue weighted by atomic mass is 10.1. The summed E-state index contributed by atoms with van der Waals surface area (Å²) in [6.45, 7) is 7.12. The van der Waals surface area contributed by atoms with Crippen LogP contribution in [0.25, 0.3) is 0 Å². The number of hydrogen-bond acceptors (Lipinski definition) is 0. The lowest BCUT2D eigenvalue weighted by Gasteiger charge is -2.24. The van der Waals surface area contributed by atoms with Gasteiger partial charge < -0.3 is 0 Å². The van der Waals surface area contributed by atoms with Gasteiger partial charge in [-0.1, -0.05) is 33.6 Å². The second-order valence-electron chi connectivity index (χ2n) is 4.65. The van der Waals surface area contributed by atoms with Gasteiger partial charge in [0.1, 0.15) is 0 Å². The van der Waals surface area contributed by atoms with Crippen molar-refractivity contribution in [2.45, 2.75) is 77.0 Å². The van der Waals surface area contributed by atoms with Crippen molar-refractivity contribution in [3.63, 3.8) is 0 Å². The molecule has 0 N–H and O–H groups in total. The van der Waals surface area contributed by atoms with Gasteiger partial charge in [-0.05, 0) is 49.6 Å². The Morgan fingerprint density at radius 3 is 1.93 bits per heavy atom. The lowest BCUT2D eigenvalue weighted by molar-refractivity contribution is 0.696. The van der Waals surface area contributed by atoms with Crippen LogP contribution in [0.3, 0.4) is 0 Å². The molecule has 0 nitrogen and oxygen atoms in total. The van der Waals surface area contributed by atoms with E-state index < -0.39 is 0 Å². The van der Waals surface area contributed by atoms with E-state index in [-0.39, 0.29) is 0 Å². The smallest absolute Gasteiger partial charge is 0.0209 e. The standard InChI is InChI=1S/C13H27P/c1-4-7-8-11-14-12(5-2)9-10-13(14)6-3/h12-13H,4-11H2,1-3H3. The number of unbranched alkanes of at least 4 members (excludes halogenated alkanes) is 2. The first-order valence-corrected chi connectivity index (χ1v) is 8.25. The van der Waals surface area contributed by atoms with E-state index in [1.165, 1.54) is 32.1 Å². The first-order valence-electron chi connectivity index (χ1n) is 6.59. The molecule has 0 saturated carbocycles. The minimum absolute atomic E-state index is 0.416. The van der Waals surface area contributed by atoms with Gasteiger partial charge >= 0.3 is 0 Å². The van der Waals surface area contributed by atoms with Crippen LogP contribution in [0.5, 0.6) is 0 Å². The zero-order chi connectivity index (χ0) is 10.4. The third-order valence-electron chi connectivity index (χ3n) is 3.73. The topological polar surface area (TPSA) is 0 Å². The third kappa shape index (κ3) is 3.23. The predicted molar refractivity (Wildman–Crippen MR) is 68.7 cm³/mol. The van der Waals surface area contributed by atoms with E-state index in [0.29, 0.717) is 7.92 Å². The molecule has 1 aliphatic rings. The molecule has 0 aromatic carbocycles. The van der Waals surface area contributed by atoms with Gasteiger partial charge in [-0.25, -0.2) is 0 Å². The minimum Gasteiger partial charge on any atom is -0.100 e. The van der Waals surface area contributed by atoms with Gasteiger partial charge in [-0.3, -0.25) is 0 Å². The molecule has 1 heterocycles. The molecule has 1 rings (SSSR count). The van der Waals surface area contributed by atoms with Gasteiger partial charge in [0.25, 0.3) is 0 Å². The Kier molecular flexibility index (Phi) is 6.10. The highest BCUT2D eigenvalue weighted by Gasteiger charge is 2.32. The molecular weight excluding hydrogens is 187 g/mol. The highest BCUT2D eigenvalue weighted by atomic mass is 31.1. The van der Waals surface area contributed by atoms with Crippen molar-refractivity contribution in [2.75, 3.05) is 6.16 Å². The summed E-state index contributed by atoms with van der Waals surface area (Å²) >= 11 is 0. The first-order chi connectivity index (χ1) is 6.83. The summed E-state index contributed by atoms with van der Waals surface area (Å²) in [6.07, 6.45) is 11.9. The molecule has 0 amide bonds. The van der Waals surface area contributed by atoms with E-state index in [2.05, 4.69) is 20.8 Å². The first kappa shape index (κ1) is 12.5. The zero-order valence-electron chi connectivity index (χ0n) is 10.3. The summed E-state index contributed by atoms with van der Waals surface area (Å²) in [5, 5.41) is 0. The maximum atomic E-state index is 2.40. The molecule has 0 bridgehead atoms. The molecular formula is C13H27P. The fourth-order valence-electron chi connectivity index (χ4n) is 2.80. The Labute approximate surface area is 91.6 Å². The van der Waals surface area contributed by atoms with Gasteiger partial charge in [0.2, 0.25) is 0 Å². The molecule has 0 aliphatic carbocycles. The van der Waals surface area contributed by atoms with Crippen molar-refractivity contribution in [3.05, 3.63) is 0 Å². The van der Waals surface area contributed by atoms with Crippen molar-refractivity contribution >= 4 is 7.92 Å². The number of rotatable bonds is 6. The maximum Gasteiger partial charge on any atom is -0.0209 e. The second kappa shape index (κ2) is 6.83. The Balaban J connectivity index is 2.34. The summed E-state index contributed by atoms with van der Waals surface area (Å²) in [5.41, 5.74) is 2.26. The van der Waals surface area contributed by atoms with Crippen molar-refractivity contribution in [3.8, 4) is 0 Å². The van der Waals surface area contributed by atoms with Crippen molar-refractivity contribution < 1.29 is 0 Å². The number of hydrogen-bond donors (Lipinski definition) is 0. The highest BCUT2D eigenvalue weighted by molar-refractivity contribution is 7.59. The molecule has 0 radical (unpaired) electrons. The second-order valence-corrected chi connectivity index (χ2v) is 7.58. The van der Waals surface area contributed by atoms with E-state index in [9.17, 15) is 0 Å². The summed E-state index contributed by atoms with van der Waals surface area (Å²) in [5.74, 6) is 0. The van der Waals surface area contributed by atoms with Crippen LogP contribution >= 0.6 is 7.92 Å². The van der Waals surface area contributed by atoms with Gasteiger partial charge in [0.15, 0.2) is 0 Å². The SMILES string of the molecule is CCCCCP1C(CC)CCC1CC. The molecule has 0 spiro atoms. The Bertz CT molecular complexity index is 132. The van der Waals surface area contributed by atoms with Crippen LogP contribution < -0.4 is 0 Å². The van der Waals surface area contributed by atoms with Crippen LogP contribution in [-0.2, 0) is 0 Å². The molecule has 1 saturated heterocycles. The van der Waals surface area contributed by atoms with Gasteiger partial charge in [-0.2, -0.15) is 0 Å². The van der Waals surface area contributed by atoms with Crippen molar-refractivity contribution in [1.82, 2.24) is 0 Å². The average molecular weight is 214 g/mol. The lowest BCUT2D eigenvalue weighted by Crippen LogP contribution is -2.05. The molecule has 14 heavy (non-hydrogen) atoms. The molecule has 84 valence electrons. The Morgan fingerprint density at radius 1 is 0.929 bits per heavy atom. The fraction of sp³-hybridized carbons (Fsp3) is 1.00. The van der Waals surface area contributed by atoms with Crippen LogP contribution in [0.4, 0.5) is 0 Å². The minimum atomic E-state index is 0.416. The van der Waals surface area contributed by atoms with Crippen molar-refractivity contribution in [2.24, 2.45) is 0 Å². The molecule has 0 aromatic rings. The highest BCUT2D eigenvalue weighted by Crippen LogP contribution is 2.58. The van der Waals surface area contributed by atoms with Gasteiger partial charge in [0.05, 0.1) is 0 Å². The summed E-state index contributed by atoms with van der Waals surface area (Å²) < 4.78 is 0. The molecule has 1 fully saturated rings. The third-order valence-corrected chi connectivity index (χ3v) is 7.69. The van der Waals surface area contributed by atoms with Gasteiger partial charge in [-0.15, -0.1) is 7.92 Å². The van der Waals surface area contributed by atoms with Crippen molar-refractivity contribution in [1.29, 1.82) is 0 Å². The van der Waals surface area contributed by atoms with E-state index in [4.69, 9.17) is 0 Å². The van der Waals surface area contributed by atoms with E-state index in [1.54, 1.807) is 19.0 Å². The van der Waals surface area contributed by atoms with Crippen LogP contribution in [0.15, 0.2) is 0 Å². The van der Waals surface area contributed by atoms with Crippen LogP contribution in [0.1, 0.15) is 65.7 Å². The molecule has 2 unspecified atom stereocenters. The summed E-state index contributed by atoms with van der Waals surface area (Å²) in [4.78, 5) is 0. The molecule has 1 heteroatoms. The molecule has 1 aliphatic heterocycles. The average Bonchev–Trinajstić information content (AvgIpc) is 2.60. The normalized spacial score (nSPS) is 32.4. The van der Waals surface area contributed by atoms with E-state index in [1.807, 2.05) is 0 Å². The van der Waals surface area contributed by atoms with E-state index >= 15 is 0 Å². The summed E-state index contributed by atoms with van der Waals surface area (Å²) in [6, 6.07) is 0. The maximum absolute atomic E-state index is 2.40. The quantitative estimate of drug-likeness (QED) is 0.430. The Hall–Kier alpha value is 0.430. The zero-order valence-corrected chi connectivity index (χ0v) is 11.2. The van der Waals surface area contributed by atoms with E-state index in [0.717, 1.165) is 11.3 Å². The Morgan fingerprint density at radius 2 is 1.50 bits per heavy atom. The van der Waals surface area contributed by atoms with Gasteiger partial charge in [0, 0.05) is 0 Å². The monoisotopic (exact) mass is 214 g/mol. The van der Waals surface area contributed by atoms with Crippen LogP contribution in [-0.4, -0.2) is 17.5 Å². The molecule has 0 aromatic heterocycles. The summed E-state index contributed by atoms with van der Waals surface area (Å²) in [7, 11) is 0.416. The largest absolute Gasteiger partial charge is 0.100 e. The van der Waals surface area contributed by atoms with Crippen LogP contribution in [0, 0.1) is 0 Å². The molecule has 2 atom stereocenters. The van der Waals surface area contributed by atoms with Crippen LogP contribution in [0.2, 0.25) is 0 Å².